The van der Waals surface area contributed by atoms with Crippen molar-refractivity contribution in [2.75, 3.05) is 28.7 Å². The molecule has 0 aromatic heterocycles. The molecule has 0 fully saturated rings. The first-order valence-electron chi connectivity index (χ1n) is 11.1. The molecule has 1 atom stereocenters. The molecule has 1 aliphatic rings. The first kappa shape index (κ1) is 23.7. The second kappa shape index (κ2) is 10.7. The predicted octanol–water partition coefficient (Wildman–Crippen LogP) is 3.99. The highest BCUT2D eigenvalue weighted by molar-refractivity contribution is 6.14. The average Bonchev–Trinajstić information content (AvgIpc) is 2.85. The number of hydrogen-bond donors (Lipinski definition) is 2. The van der Waals surface area contributed by atoms with Crippen LogP contribution in [0.5, 0.6) is 11.5 Å². The van der Waals surface area contributed by atoms with E-state index in [1.165, 1.54) is 29.2 Å². The van der Waals surface area contributed by atoms with Gasteiger partial charge in [-0.25, -0.2) is 4.39 Å². The van der Waals surface area contributed by atoms with Crippen molar-refractivity contribution in [2.45, 2.75) is 19.4 Å². The van der Waals surface area contributed by atoms with E-state index in [1.807, 2.05) is 6.92 Å². The molecular formula is C26H24FN3O5. The summed E-state index contributed by atoms with van der Waals surface area (Å²) in [4.78, 5) is 40.2. The molecule has 3 aromatic carbocycles. The first-order valence-corrected chi connectivity index (χ1v) is 11.1. The molecule has 180 valence electrons. The monoisotopic (exact) mass is 477 g/mol. The van der Waals surface area contributed by atoms with E-state index in [9.17, 15) is 18.8 Å². The van der Waals surface area contributed by atoms with Gasteiger partial charge in [-0.1, -0.05) is 12.1 Å². The van der Waals surface area contributed by atoms with Crippen molar-refractivity contribution in [3.63, 3.8) is 0 Å². The zero-order valence-electron chi connectivity index (χ0n) is 19.0. The van der Waals surface area contributed by atoms with Gasteiger partial charge in [-0.2, -0.15) is 0 Å². The van der Waals surface area contributed by atoms with E-state index in [0.29, 0.717) is 35.2 Å². The number of para-hydroxylation sites is 2. The van der Waals surface area contributed by atoms with Gasteiger partial charge in [0.2, 0.25) is 11.8 Å². The third-order valence-electron chi connectivity index (χ3n) is 5.31. The highest BCUT2D eigenvalue weighted by Gasteiger charge is 2.38. The van der Waals surface area contributed by atoms with Gasteiger partial charge >= 0.3 is 0 Å². The van der Waals surface area contributed by atoms with E-state index in [4.69, 9.17) is 9.47 Å². The largest absolute Gasteiger partial charge is 0.494 e. The van der Waals surface area contributed by atoms with Crippen molar-refractivity contribution in [1.29, 1.82) is 0 Å². The number of carbonyl (C=O) groups is 3. The highest BCUT2D eigenvalue weighted by Crippen LogP contribution is 2.33. The molecule has 0 aliphatic carbocycles. The van der Waals surface area contributed by atoms with Gasteiger partial charge in [0, 0.05) is 5.69 Å². The Labute approximate surface area is 201 Å². The van der Waals surface area contributed by atoms with Crippen LogP contribution in [0, 0.1) is 5.82 Å². The Morgan fingerprint density at radius 2 is 1.63 bits per heavy atom. The van der Waals surface area contributed by atoms with Gasteiger partial charge in [-0.3, -0.25) is 19.3 Å². The van der Waals surface area contributed by atoms with Gasteiger partial charge in [0.05, 0.1) is 24.4 Å². The molecule has 0 spiro atoms. The summed E-state index contributed by atoms with van der Waals surface area (Å²) in [6, 6.07) is 17.8. The minimum atomic E-state index is -1.09. The number of nitrogens with one attached hydrogen (secondary N) is 2. The van der Waals surface area contributed by atoms with Crippen LogP contribution < -0.4 is 25.0 Å². The number of benzene rings is 3. The van der Waals surface area contributed by atoms with Crippen LogP contribution in [0.1, 0.15) is 13.3 Å². The van der Waals surface area contributed by atoms with Crippen LogP contribution in [0.3, 0.4) is 0 Å². The summed E-state index contributed by atoms with van der Waals surface area (Å²) in [6.45, 7) is 2.00. The maximum absolute atomic E-state index is 13.2. The third-order valence-corrected chi connectivity index (χ3v) is 5.31. The number of ether oxygens (including phenoxy) is 2. The Bertz CT molecular complexity index is 1210. The molecule has 0 bridgehead atoms. The Hall–Kier alpha value is -4.40. The van der Waals surface area contributed by atoms with Gasteiger partial charge in [-0.15, -0.1) is 0 Å². The molecule has 0 saturated heterocycles. The Morgan fingerprint density at radius 3 is 2.34 bits per heavy atom. The Kier molecular flexibility index (Phi) is 7.25. The lowest BCUT2D eigenvalue weighted by atomic mass is 10.0. The van der Waals surface area contributed by atoms with Crippen molar-refractivity contribution >= 4 is 34.8 Å². The quantitative estimate of drug-likeness (QED) is 0.512. The summed E-state index contributed by atoms with van der Waals surface area (Å²) in [5.41, 5.74) is 1.45. The number of anilines is 3. The zero-order valence-corrected chi connectivity index (χ0v) is 19.0. The second-order valence-electron chi connectivity index (χ2n) is 7.74. The van der Waals surface area contributed by atoms with Crippen LogP contribution in [-0.4, -0.2) is 37.0 Å². The molecule has 1 aliphatic heterocycles. The molecule has 9 heteroatoms. The standard InChI is InChI=1S/C26H24FN3O5/c1-2-34-19-13-9-18(10-14-19)28-24(31)15-23-26(33)29-21-5-3-4-6-22(21)30(23)25(32)16-35-20-11-7-17(27)8-12-20/h3-14,23H,2,15-16H2,1H3,(H,28,31)(H,29,33)/t23-/m0/s1. The predicted molar refractivity (Wildman–Crippen MR) is 129 cm³/mol. The minimum Gasteiger partial charge on any atom is -0.494 e. The van der Waals surface area contributed by atoms with Crippen molar-refractivity contribution < 1.29 is 28.2 Å². The van der Waals surface area contributed by atoms with Crippen LogP contribution in [0.25, 0.3) is 0 Å². The van der Waals surface area contributed by atoms with Crippen molar-refractivity contribution in [3.8, 4) is 11.5 Å². The SMILES string of the molecule is CCOc1ccc(NC(=O)C[C@H]2C(=O)Nc3ccccc3N2C(=O)COc2ccc(F)cc2)cc1. The Morgan fingerprint density at radius 1 is 0.971 bits per heavy atom. The Balaban J connectivity index is 1.50. The second-order valence-corrected chi connectivity index (χ2v) is 7.74. The number of amides is 3. The molecular weight excluding hydrogens is 453 g/mol. The van der Waals surface area contributed by atoms with Gasteiger partial charge in [0.1, 0.15) is 23.4 Å². The van der Waals surface area contributed by atoms with Crippen molar-refractivity contribution in [1.82, 2.24) is 0 Å². The summed E-state index contributed by atoms with van der Waals surface area (Å²) >= 11 is 0. The van der Waals surface area contributed by atoms with Gasteiger partial charge in [0.25, 0.3) is 5.91 Å². The number of rotatable bonds is 8. The van der Waals surface area contributed by atoms with Crippen LogP contribution >= 0.6 is 0 Å². The summed E-state index contributed by atoms with van der Waals surface area (Å²) in [7, 11) is 0. The van der Waals surface area contributed by atoms with Crippen LogP contribution in [0.2, 0.25) is 0 Å². The zero-order chi connectivity index (χ0) is 24.8. The van der Waals surface area contributed by atoms with Gasteiger partial charge in [-0.05, 0) is 67.6 Å². The molecule has 8 nitrogen and oxygen atoms in total. The summed E-state index contributed by atoms with van der Waals surface area (Å²) in [6.07, 6.45) is -0.268. The summed E-state index contributed by atoms with van der Waals surface area (Å²) < 4.78 is 24.0. The molecule has 4 rings (SSSR count). The van der Waals surface area contributed by atoms with E-state index < -0.39 is 36.2 Å². The lowest BCUT2D eigenvalue weighted by Gasteiger charge is -2.36. The molecule has 0 radical (unpaired) electrons. The molecule has 3 aromatic rings. The summed E-state index contributed by atoms with van der Waals surface area (Å²) in [5.74, 6) is -0.892. The maximum atomic E-state index is 13.2. The smallest absolute Gasteiger partial charge is 0.265 e. The lowest BCUT2D eigenvalue weighted by Crippen LogP contribution is -2.53. The van der Waals surface area contributed by atoms with Gasteiger partial charge < -0.3 is 20.1 Å². The van der Waals surface area contributed by atoms with E-state index in [1.54, 1.807) is 48.5 Å². The van der Waals surface area contributed by atoms with Crippen molar-refractivity contribution in [3.05, 3.63) is 78.6 Å². The molecule has 0 saturated carbocycles. The number of fused-ring (bicyclic) bond motifs is 1. The van der Waals surface area contributed by atoms with Crippen LogP contribution in [0.4, 0.5) is 21.5 Å². The van der Waals surface area contributed by atoms with E-state index in [0.717, 1.165) is 0 Å². The normalized spacial score (nSPS) is 14.5. The number of halogens is 1. The fourth-order valence-corrected chi connectivity index (χ4v) is 3.72. The molecule has 3 amide bonds. The molecule has 35 heavy (non-hydrogen) atoms. The third kappa shape index (κ3) is 5.75. The molecule has 0 unspecified atom stereocenters. The number of hydrogen-bond acceptors (Lipinski definition) is 5. The minimum absolute atomic E-state index is 0.268. The van der Waals surface area contributed by atoms with Crippen LogP contribution in [0.15, 0.2) is 72.8 Å². The fourth-order valence-electron chi connectivity index (χ4n) is 3.72. The average molecular weight is 477 g/mol. The molecule has 2 N–H and O–H groups in total. The highest BCUT2D eigenvalue weighted by atomic mass is 19.1. The van der Waals surface area contributed by atoms with E-state index in [2.05, 4.69) is 10.6 Å². The summed E-state index contributed by atoms with van der Waals surface area (Å²) in [5, 5.41) is 5.50. The molecule has 1 heterocycles. The number of carbonyl (C=O) groups excluding carboxylic acids is 3. The van der Waals surface area contributed by atoms with E-state index >= 15 is 0 Å². The number of nitrogens with zero attached hydrogens (tertiary/aromatic N) is 1. The fraction of sp³-hybridized carbons (Fsp3) is 0.192. The van der Waals surface area contributed by atoms with Crippen molar-refractivity contribution in [2.24, 2.45) is 0 Å². The first-order chi connectivity index (χ1) is 16.9. The maximum Gasteiger partial charge on any atom is 0.265 e. The van der Waals surface area contributed by atoms with E-state index in [-0.39, 0.29) is 6.42 Å². The van der Waals surface area contributed by atoms with Crippen LogP contribution in [-0.2, 0) is 14.4 Å². The topological polar surface area (TPSA) is 97.0 Å². The lowest BCUT2D eigenvalue weighted by molar-refractivity contribution is -0.127. The van der Waals surface area contributed by atoms with Gasteiger partial charge in [0.15, 0.2) is 6.61 Å².